The van der Waals surface area contributed by atoms with Crippen LogP contribution < -0.4 is 14.8 Å². The number of nitrogens with one attached hydrogen (secondary N) is 1. The smallest absolute Gasteiger partial charge is 0.224 e. The lowest BCUT2D eigenvalue weighted by Crippen LogP contribution is -2.19. The van der Waals surface area contributed by atoms with Crippen LogP contribution in [0.5, 0.6) is 11.5 Å². The highest BCUT2D eigenvalue weighted by Gasteiger charge is 2.30. The fourth-order valence-electron chi connectivity index (χ4n) is 3.25. The molecule has 5 heteroatoms. The standard InChI is InChI=1S/C21H23NO4/c1-4-18(23)22-15-11-14-10-13-8-7-9-16(25-5-2)19(13)21(24)20(14)17(12-15)26-6-3/h7-9,11-12H,4-6,10H2,1-3H3,(H,22,23). The topological polar surface area (TPSA) is 64.6 Å². The minimum absolute atomic E-state index is 0.0754. The second kappa shape index (κ2) is 7.60. The van der Waals surface area contributed by atoms with Crippen molar-refractivity contribution in [1.29, 1.82) is 0 Å². The van der Waals surface area contributed by atoms with Gasteiger partial charge < -0.3 is 14.8 Å². The summed E-state index contributed by atoms with van der Waals surface area (Å²) in [4.78, 5) is 25.0. The van der Waals surface area contributed by atoms with Crippen molar-refractivity contribution in [1.82, 2.24) is 0 Å². The monoisotopic (exact) mass is 353 g/mol. The van der Waals surface area contributed by atoms with Gasteiger partial charge in [0, 0.05) is 18.2 Å². The van der Waals surface area contributed by atoms with E-state index in [1.54, 1.807) is 13.0 Å². The highest BCUT2D eigenvalue weighted by molar-refractivity contribution is 6.16. The van der Waals surface area contributed by atoms with Gasteiger partial charge in [-0.2, -0.15) is 0 Å². The molecule has 2 aromatic rings. The molecule has 0 bridgehead atoms. The fourth-order valence-corrected chi connectivity index (χ4v) is 3.25. The second-order valence-corrected chi connectivity index (χ2v) is 6.07. The van der Waals surface area contributed by atoms with Crippen LogP contribution in [-0.2, 0) is 11.2 Å². The van der Waals surface area contributed by atoms with Crippen LogP contribution in [-0.4, -0.2) is 24.9 Å². The summed E-state index contributed by atoms with van der Waals surface area (Å²) < 4.78 is 11.4. The van der Waals surface area contributed by atoms with Crippen LogP contribution in [0.3, 0.4) is 0 Å². The van der Waals surface area contributed by atoms with Crippen molar-refractivity contribution in [3.63, 3.8) is 0 Å². The van der Waals surface area contributed by atoms with Crippen LogP contribution in [0.1, 0.15) is 54.2 Å². The lowest BCUT2D eigenvalue weighted by atomic mass is 9.83. The van der Waals surface area contributed by atoms with Gasteiger partial charge in [0.05, 0.1) is 24.3 Å². The second-order valence-electron chi connectivity index (χ2n) is 6.07. The molecule has 0 saturated carbocycles. The molecule has 26 heavy (non-hydrogen) atoms. The summed E-state index contributed by atoms with van der Waals surface area (Å²) >= 11 is 0. The van der Waals surface area contributed by atoms with Crippen LogP contribution in [0.25, 0.3) is 0 Å². The van der Waals surface area contributed by atoms with Crippen LogP contribution in [0.15, 0.2) is 30.3 Å². The van der Waals surface area contributed by atoms with Gasteiger partial charge in [0.2, 0.25) is 11.7 Å². The number of ether oxygens (including phenoxy) is 2. The predicted octanol–water partition coefficient (Wildman–Crippen LogP) is 3.97. The van der Waals surface area contributed by atoms with Crippen LogP contribution in [0.2, 0.25) is 0 Å². The Morgan fingerprint density at radius 3 is 2.38 bits per heavy atom. The van der Waals surface area contributed by atoms with Gasteiger partial charge in [0.25, 0.3) is 0 Å². The molecule has 0 unspecified atom stereocenters. The molecule has 2 aromatic carbocycles. The zero-order chi connectivity index (χ0) is 18.7. The molecule has 0 aromatic heterocycles. The Bertz CT molecular complexity index is 857. The maximum atomic E-state index is 13.2. The first kappa shape index (κ1) is 18.0. The normalized spacial score (nSPS) is 12.2. The molecule has 1 aliphatic carbocycles. The summed E-state index contributed by atoms with van der Waals surface area (Å²) in [5, 5.41) is 2.86. The Balaban J connectivity index is 2.11. The Kier molecular flexibility index (Phi) is 5.26. The van der Waals surface area contributed by atoms with Gasteiger partial charge in [-0.05, 0) is 43.5 Å². The molecule has 0 heterocycles. The van der Waals surface area contributed by atoms with E-state index in [-0.39, 0.29) is 11.7 Å². The number of carbonyl (C=O) groups excluding carboxylic acids is 2. The molecule has 3 rings (SSSR count). The van der Waals surface area contributed by atoms with E-state index < -0.39 is 0 Å². The molecule has 0 fully saturated rings. The van der Waals surface area contributed by atoms with E-state index in [4.69, 9.17) is 9.47 Å². The van der Waals surface area contributed by atoms with Gasteiger partial charge in [0.15, 0.2) is 0 Å². The fraction of sp³-hybridized carbons (Fsp3) is 0.333. The zero-order valence-electron chi connectivity index (χ0n) is 15.3. The van der Waals surface area contributed by atoms with Crippen molar-refractivity contribution in [3.05, 3.63) is 52.6 Å². The van der Waals surface area contributed by atoms with Crippen molar-refractivity contribution in [3.8, 4) is 11.5 Å². The van der Waals surface area contributed by atoms with Gasteiger partial charge in [-0.15, -0.1) is 0 Å². The van der Waals surface area contributed by atoms with Crippen molar-refractivity contribution >= 4 is 17.4 Å². The van der Waals surface area contributed by atoms with E-state index in [9.17, 15) is 9.59 Å². The van der Waals surface area contributed by atoms with E-state index in [2.05, 4.69) is 5.32 Å². The Labute approximate surface area is 153 Å². The summed E-state index contributed by atoms with van der Waals surface area (Å²) in [5.41, 5.74) is 3.59. The SMILES string of the molecule is CCOc1cccc2c1C(=O)c1c(cc(NC(=O)CC)cc1OCC)C2. The lowest BCUT2D eigenvalue weighted by Gasteiger charge is -2.24. The molecule has 0 radical (unpaired) electrons. The van der Waals surface area contributed by atoms with Gasteiger partial charge in [-0.25, -0.2) is 0 Å². The first-order valence-corrected chi connectivity index (χ1v) is 8.97. The third kappa shape index (κ3) is 3.29. The maximum absolute atomic E-state index is 13.2. The average molecular weight is 353 g/mol. The van der Waals surface area contributed by atoms with Gasteiger partial charge in [-0.3, -0.25) is 9.59 Å². The van der Waals surface area contributed by atoms with Crippen molar-refractivity contribution in [2.24, 2.45) is 0 Å². The van der Waals surface area contributed by atoms with Crippen molar-refractivity contribution in [2.45, 2.75) is 33.6 Å². The summed E-state index contributed by atoms with van der Waals surface area (Å²) in [7, 11) is 0. The summed E-state index contributed by atoms with van der Waals surface area (Å²) in [6.45, 7) is 6.50. The number of ketones is 1. The molecule has 1 N–H and O–H groups in total. The predicted molar refractivity (Wildman–Crippen MR) is 100 cm³/mol. The summed E-state index contributed by atoms with van der Waals surface area (Å²) in [6, 6.07) is 9.24. The van der Waals surface area contributed by atoms with Crippen molar-refractivity contribution in [2.75, 3.05) is 18.5 Å². The molecule has 0 saturated heterocycles. The molecular formula is C21H23NO4. The zero-order valence-corrected chi connectivity index (χ0v) is 15.3. The Morgan fingerprint density at radius 2 is 1.69 bits per heavy atom. The van der Waals surface area contributed by atoms with Crippen molar-refractivity contribution < 1.29 is 19.1 Å². The highest BCUT2D eigenvalue weighted by atomic mass is 16.5. The molecule has 0 aliphatic heterocycles. The maximum Gasteiger partial charge on any atom is 0.224 e. The van der Waals surface area contributed by atoms with Crippen LogP contribution >= 0.6 is 0 Å². The number of fused-ring (bicyclic) bond motifs is 2. The average Bonchev–Trinajstić information content (AvgIpc) is 2.62. The van der Waals surface area contributed by atoms with E-state index in [1.807, 2.05) is 38.1 Å². The molecule has 136 valence electrons. The van der Waals surface area contributed by atoms with Gasteiger partial charge >= 0.3 is 0 Å². The number of carbonyl (C=O) groups is 2. The van der Waals surface area contributed by atoms with E-state index in [1.165, 1.54) is 0 Å². The largest absolute Gasteiger partial charge is 0.493 e. The lowest BCUT2D eigenvalue weighted by molar-refractivity contribution is -0.115. The number of anilines is 1. The highest BCUT2D eigenvalue weighted by Crippen LogP contribution is 2.39. The van der Waals surface area contributed by atoms with Crippen LogP contribution in [0.4, 0.5) is 5.69 Å². The Hall–Kier alpha value is -2.82. The first-order chi connectivity index (χ1) is 12.6. The molecule has 0 atom stereocenters. The third-order valence-electron chi connectivity index (χ3n) is 4.34. The van der Waals surface area contributed by atoms with Gasteiger partial charge in [-0.1, -0.05) is 19.1 Å². The number of rotatable bonds is 6. The van der Waals surface area contributed by atoms with E-state index in [0.717, 1.165) is 11.1 Å². The summed E-state index contributed by atoms with van der Waals surface area (Å²) in [6.07, 6.45) is 0.980. The molecular weight excluding hydrogens is 330 g/mol. The van der Waals surface area contributed by atoms with E-state index >= 15 is 0 Å². The number of benzene rings is 2. The number of amides is 1. The number of hydrogen-bond donors (Lipinski definition) is 1. The molecule has 0 spiro atoms. The van der Waals surface area contributed by atoms with E-state index in [0.29, 0.717) is 54.4 Å². The molecule has 1 aliphatic rings. The van der Waals surface area contributed by atoms with Gasteiger partial charge in [0.1, 0.15) is 11.5 Å². The minimum atomic E-state index is -0.0953. The molecule has 1 amide bonds. The number of hydrogen-bond acceptors (Lipinski definition) is 4. The minimum Gasteiger partial charge on any atom is -0.493 e. The molecule has 5 nitrogen and oxygen atoms in total. The first-order valence-electron chi connectivity index (χ1n) is 8.97. The van der Waals surface area contributed by atoms with Crippen LogP contribution in [0, 0.1) is 0 Å². The quantitative estimate of drug-likeness (QED) is 0.728. The summed E-state index contributed by atoms with van der Waals surface area (Å²) in [5.74, 6) is 0.931. The Morgan fingerprint density at radius 1 is 1.00 bits per heavy atom. The third-order valence-corrected chi connectivity index (χ3v) is 4.34.